The van der Waals surface area contributed by atoms with E-state index in [-0.39, 0.29) is 18.3 Å². The lowest BCUT2D eigenvalue weighted by atomic mass is 10.2. The molecular formula is C14H17FN4O2. The van der Waals surface area contributed by atoms with Crippen LogP contribution in [0.3, 0.4) is 0 Å². The maximum atomic E-state index is 13.5. The van der Waals surface area contributed by atoms with Gasteiger partial charge in [-0.15, -0.1) is 0 Å². The highest BCUT2D eigenvalue weighted by atomic mass is 19.1. The number of nitrogen functional groups attached to an aromatic ring is 1. The summed E-state index contributed by atoms with van der Waals surface area (Å²) in [4.78, 5) is 8.33. The molecule has 0 radical (unpaired) electrons. The predicted molar refractivity (Wildman–Crippen MR) is 76.4 cm³/mol. The number of hydrazine groups is 1. The van der Waals surface area contributed by atoms with E-state index in [1.165, 1.54) is 12.1 Å². The van der Waals surface area contributed by atoms with Crippen LogP contribution < -0.4 is 16.0 Å². The first-order valence-corrected chi connectivity index (χ1v) is 6.48. The Hall–Kier alpha value is -2.25. The van der Waals surface area contributed by atoms with E-state index in [9.17, 15) is 4.39 Å². The normalized spacial score (nSPS) is 10.5. The lowest BCUT2D eigenvalue weighted by Gasteiger charge is -2.09. The van der Waals surface area contributed by atoms with Crippen LogP contribution >= 0.6 is 0 Å². The van der Waals surface area contributed by atoms with Crippen molar-refractivity contribution in [3.8, 4) is 11.6 Å². The van der Waals surface area contributed by atoms with Crippen LogP contribution in [-0.2, 0) is 11.3 Å². The molecule has 112 valence electrons. The van der Waals surface area contributed by atoms with Crippen molar-refractivity contribution in [1.82, 2.24) is 9.97 Å². The summed E-state index contributed by atoms with van der Waals surface area (Å²) >= 11 is 0. The Balaban J connectivity index is 2.23. The minimum atomic E-state index is -0.340. The van der Waals surface area contributed by atoms with Crippen LogP contribution in [0.4, 0.5) is 10.2 Å². The van der Waals surface area contributed by atoms with E-state index >= 15 is 0 Å². The molecule has 1 aromatic carbocycles. The Kier molecular flexibility index (Phi) is 5.02. The average molecular weight is 292 g/mol. The molecule has 0 aliphatic rings. The van der Waals surface area contributed by atoms with Gasteiger partial charge in [-0.3, -0.25) is 0 Å². The van der Waals surface area contributed by atoms with E-state index in [0.29, 0.717) is 29.6 Å². The molecular weight excluding hydrogens is 275 g/mol. The molecule has 0 bridgehead atoms. The van der Waals surface area contributed by atoms with Crippen LogP contribution in [0.15, 0.2) is 24.3 Å². The van der Waals surface area contributed by atoms with E-state index in [4.69, 9.17) is 15.3 Å². The number of ether oxygens (including phenoxy) is 2. The van der Waals surface area contributed by atoms with Crippen LogP contribution in [0.5, 0.6) is 11.6 Å². The molecule has 21 heavy (non-hydrogen) atoms. The van der Waals surface area contributed by atoms with E-state index in [0.717, 1.165) is 0 Å². The van der Waals surface area contributed by atoms with Crippen molar-refractivity contribution in [2.24, 2.45) is 5.84 Å². The molecule has 3 N–H and O–H groups in total. The highest BCUT2D eigenvalue weighted by molar-refractivity contribution is 5.39. The molecule has 1 aromatic heterocycles. The largest absolute Gasteiger partial charge is 0.439 e. The number of anilines is 1. The number of benzene rings is 1. The molecule has 7 heteroatoms. The molecule has 0 amide bonds. The Morgan fingerprint density at radius 1 is 1.29 bits per heavy atom. The molecule has 0 fully saturated rings. The van der Waals surface area contributed by atoms with Gasteiger partial charge in [-0.25, -0.2) is 15.2 Å². The fourth-order valence-corrected chi connectivity index (χ4v) is 1.61. The fourth-order valence-electron chi connectivity index (χ4n) is 1.61. The first-order valence-electron chi connectivity index (χ1n) is 6.48. The monoisotopic (exact) mass is 292 g/mol. The highest BCUT2D eigenvalue weighted by Crippen LogP contribution is 2.23. The SMILES string of the molecule is CCOCc1nc(NN)cc(Oc2ccc(C)c(F)c2)n1. The Morgan fingerprint density at radius 2 is 2.10 bits per heavy atom. The van der Waals surface area contributed by atoms with Crippen LogP contribution in [0, 0.1) is 12.7 Å². The van der Waals surface area contributed by atoms with Gasteiger partial charge in [-0.1, -0.05) is 6.07 Å². The van der Waals surface area contributed by atoms with Crippen molar-refractivity contribution >= 4 is 5.82 Å². The molecule has 0 atom stereocenters. The molecule has 6 nitrogen and oxygen atoms in total. The van der Waals surface area contributed by atoms with Gasteiger partial charge in [0.25, 0.3) is 0 Å². The number of rotatable bonds is 6. The molecule has 2 rings (SSSR count). The number of nitrogens with two attached hydrogens (primary N) is 1. The first kappa shape index (κ1) is 15.1. The minimum Gasteiger partial charge on any atom is -0.439 e. The molecule has 0 spiro atoms. The number of hydrogen-bond acceptors (Lipinski definition) is 6. The quantitative estimate of drug-likeness (QED) is 0.629. The molecule has 0 saturated heterocycles. The van der Waals surface area contributed by atoms with E-state index in [1.54, 1.807) is 19.1 Å². The lowest BCUT2D eigenvalue weighted by molar-refractivity contribution is 0.128. The molecule has 2 aromatic rings. The Bertz CT molecular complexity index is 622. The molecule has 0 aliphatic carbocycles. The second-order valence-corrected chi connectivity index (χ2v) is 4.30. The van der Waals surface area contributed by atoms with Gasteiger partial charge in [0.2, 0.25) is 5.88 Å². The Labute approximate surface area is 122 Å². The molecule has 1 heterocycles. The maximum Gasteiger partial charge on any atom is 0.224 e. The number of halogens is 1. The number of nitrogens with zero attached hydrogens (tertiary/aromatic N) is 2. The van der Waals surface area contributed by atoms with Crippen molar-refractivity contribution in [2.75, 3.05) is 12.0 Å². The smallest absolute Gasteiger partial charge is 0.224 e. The Morgan fingerprint density at radius 3 is 2.76 bits per heavy atom. The van der Waals surface area contributed by atoms with Crippen molar-refractivity contribution in [3.63, 3.8) is 0 Å². The summed E-state index contributed by atoms with van der Waals surface area (Å²) in [6, 6.07) is 6.12. The van der Waals surface area contributed by atoms with E-state index < -0.39 is 0 Å². The van der Waals surface area contributed by atoms with E-state index in [2.05, 4.69) is 15.4 Å². The second-order valence-electron chi connectivity index (χ2n) is 4.30. The highest BCUT2D eigenvalue weighted by Gasteiger charge is 2.08. The standard InChI is InChI=1S/C14H17FN4O2/c1-3-20-8-13-17-12(19-16)7-14(18-13)21-10-5-4-9(2)11(15)6-10/h4-7H,3,8,16H2,1-2H3,(H,17,18,19). The average Bonchev–Trinajstić information content (AvgIpc) is 2.48. The zero-order valence-electron chi connectivity index (χ0n) is 11.9. The summed E-state index contributed by atoms with van der Waals surface area (Å²) in [6.07, 6.45) is 0. The second kappa shape index (κ2) is 6.96. The third kappa shape index (κ3) is 4.11. The van der Waals surface area contributed by atoms with Gasteiger partial charge in [-0.2, -0.15) is 4.98 Å². The first-order chi connectivity index (χ1) is 10.1. The minimum absolute atomic E-state index is 0.241. The van der Waals surface area contributed by atoms with Crippen molar-refractivity contribution in [2.45, 2.75) is 20.5 Å². The van der Waals surface area contributed by atoms with Crippen molar-refractivity contribution in [1.29, 1.82) is 0 Å². The number of aryl methyl sites for hydroxylation is 1. The number of nitrogens with one attached hydrogen (secondary N) is 1. The summed E-state index contributed by atoms with van der Waals surface area (Å²) in [6.45, 7) is 4.34. The fraction of sp³-hybridized carbons (Fsp3) is 0.286. The summed E-state index contributed by atoms with van der Waals surface area (Å²) in [5.74, 6) is 6.44. The lowest BCUT2D eigenvalue weighted by Crippen LogP contribution is -2.11. The molecule has 0 aliphatic heterocycles. The number of aromatic nitrogens is 2. The van der Waals surface area contributed by atoms with Crippen LogP contribution in [-0.4, -0.2) is 16.6 Å². The molecule has 0 unspecified atom stereocenters. The summed E-state index contributed by atoms with van der Waals surface area (Å²) in [7, 11) is 0. The van der Waals surface area contributed by atoms with Gasteiger partial charge >= 0.3 is 0 Å². The van der Waals surface area contributed by atoms with Gasteiger partial charge in [-0.05, 0) is 25.5 Å². The van der Waals surface area contributed by atoms with Crippen molar-refractivity contribution < 1.29 is 13.9 Å². The zero-order valence-corrected chi connectivity index (χ0v) is 11.9. The van der Waals surface area contributed by atoms with Gasteiger partial charge in [0, 0.05) is 18.7 Å². The van der Waals surface area contributed by atoms with Crippen molar-refractivity contribution in [3.05, 3.63) is 41.5 Å². The van der Waals surface area contributed by atoms with Gasteiger partial charge in [0.05, 0.1) is 0 Å². The van der Waals surface area contributed by atoms with Crippen LogP contribution in [0.1, 0.15) is 18.3 Å². The maximum absolute atomic E-state index is 13.5. The van der Waals surface area contributed by atoms with Gasteiger partial charge < -0.3 is 14.9 Å². The van der Waals surface area contributed by atoms with Crippen LogP contribution in [0.25, 0.3) is 0 Å². The third-order valence-corrected chi connectivity index (χ3v) is 2.70. The van der Waals surface area contributed by atoms with Gasteiger partial charge in [0.15, 0.2) is 5.82 Å². The summed E-state index contributed by atoms with van der Waals surface area (Å²) in [5.41, 5.74) is 2.98. The zero-order chi connectivity index (χ0) is 15.2. The third-order valence-electron chi connectivity index (χ3n) is 2.70. The summed E-state index contributed by atoms with van der Waals surface area (Å²) in [5, 5.41) is 0. The number of hydrogen-bond donors (Lipinski definition) is 2. The summed E-state index contributed by atoms with van der Waals surface area (Å²) < 4.78 is 24.3. The molecule has 0 saturated carbocycles. The topological polar surface area (TPSA) is 82.3 Å². The van der Waals surface area contributed by atoms with Crippen LogP contribution in [0.2, 0.25) is 0 Å². The van der Waals surface area contributed by atoms with E-state index in [1.807, 2.05) is 6.92 Å². The predicted octanol–water partition coefficient (Wildman–Crippen LogP) is 2.54. The van der Waals surface area contributed by atoms with Gasteiger partial charge in [0.1, 0.15) is 24.0 Å².